The van der Waals surface area contributed by atoms with Crippen LogP contribution in [0.2, 0.25) is 0 Å². The van der Waals surface area contributed by atoms with Crippen molar-refractivity contribution in [1.29, 1.82) is 0 Å². The van der Waals surface area contributed by atoms with E-state index in [1.54, 1.807) is 0 Å². The highest BCUT2D eigenvalue weighted by atomic mass is 19.4. The van der Waals surface area contributed by atoms with Crippen molar-refractivity contribution in [1.82, 2.24) is 5.32 Å². The molecule has 1 aliphatic carbocycles. The van der Waals surface area contributed by atoms with Crippen LogP contribution in [0.5, 0.6) is 0 Å². The third kappa shape index (κ3) is 3.44. The van der Waals surface area contributed by atoms with Crippen LogP contribution in [0, 0.1) is 0 Å². The third-order valence-corrected chi connectivity index (χ3v) is 4.32. The SMILES string of the molecule is CN(C)c1ccc(C2(C(=O)NCC(C)(O)C(F)(F)F)CC2)cc1. The summed E-state index contributed by atoms with van der Waals surface area (Å²) >= 11 is 0. The Kier molecular flexibility index (Phi) is 4.36. The van der Waals surface area contributed by atoms with Gasteiger partial charge in [-0.3, -0.25) is 4.79 Å². The molecule has 0 aliphatic heterocycles. The second kappa shape index (κ2) is 5.70. The summed E-state index contributed by atoms with van der Waals surface area (Å²) in [5, 5.41) is 11.7. The number of hydrogen-bond acceptors (Lipinski definition) is 3. The average molecular weight is 330 g/mol. The van der Waals surface area contributed by atoms with Crippen LogP contribution in [0.1, 0.15) is 25.3 Å². The van der Waals surface area contributed by atoms with Crippen molar-refractivity contribution >= 4 is 11.6 Å². The maximum Gasteiger partial charge on any atom is 0.418 e. The lowest BCUT2D eigenvalue weighted by molar-refractivity contribution is -0.250. The number of benzene rings is 1. The number of nitrogens with zero attached hydrogens (tertiary/aromatic N) is 1. The Labute approximate surface area is 133 Å². The topological polar surface area (TPSA) is 52.6 Å². The van der Waals surface area contributed by atoms with Crippen molar-refractivity contribution in [3.63, 3.8) is 0 Å². The van der Waals surface area contributed by atoms with Crippen molar-refractivity contribution in [2.75, 3.05) is 25.5 Å². The van der Waals surface area contributed by atoms with Crippen molar-refractivity contribution in [3.05, 3.63) is 29.8 Å². The van der Waals surface area contributed by atoms with Gasteiger partial charge >= 0.3 is 6.18 Å². The first-order chi connectivity index (χ1) is 10.5. The maximum atomic E-state index is 12.6. The lowest BCUT2D eigenvalue weighted by Crippen LogP contribution is -2.52. The Morgan fingerprint density at radius 1 is 1.26 bits per heavy atom. The highest BCUT2D eigenvalue weighted by Crippen LogP contribution is 2.48. The standard InChI is InChI=1S/C16H21F3N2O2/c1-14(23,16(17,18)19)10-20-13(22)15(8-9-15)11-4-6-12(7-5-11)21(2)3/h4-7,23H,8-10H2,1-3H3,(H,20,22). The van der Waals surface area contributed by atoms with Crippen LogP contribution in [0.25, 0.3) is 0 Å². The highest BCUT2D eigenvalue weighted by Gasteiger charge is 2.54. The van der Waals surface area contributed by atoms with E-state index in [1.165, 1.54) is 0 Å². The molecule has 1 unspecified atom stereocenters. The van der Waals surface area contributed by atoms with Crippen LogP contribution in [0.3, 0.4) is 0 Å². The van der Waals surface area contributed by atoms with Gasteiger partial charge in [0, 0.05) is 19.8 Å². The molecule has 0 radical (unpaired) electrons. The third-order valence-electron chi connectivity index (χ3n) is 4.32. The summed E-state index contributed by atoms with van der Waals surface area (Å²) in [4.78, 5) is 14.2. The van der Waals surface area contributed by atoms with Gasteiger partial charge in [-0.05, 0) is 37.5 Å². The van der Waals surface area contributed by atoms with Crippen molar-refractivity contribution in [2.24, 2.45) is 0 Å². The first-order valence-corrected chi connectivity index (χ1v) is 7.35. The number of rotatable bonds is 5. The van der Waals surface area contributed by atoms with Crippen molar-refractivity contribution in [3.8, 4) is 0 Å². The molecule has 1 atom stereocenters. The first kappa shape index (κ1) is 17.6. The average Bonchev–Trinajstić information content (AvgIpc) is 3.25. The van der Waals surface area contributed by atoms with E-state index in [4.69, 9.17) is 0 Å². The Balaban J connectivity index is 2.07. The lowest BCUT2D eigenvalue weighted by atomic mass is 9.94. The van der Waals surface area contributed by atoms with Crippen LogP contribution >= 0.6 is 0 Å². The Morgan fingerprint density at radius 2 is 1.78 bits per heavy atom. The van der Waals surface area contributed by atoms with Gasteiger partial charge < -0.3 is 15.3 Å². The normalized spacial score (nSPS) is 18.9. The molecule has 0 saturated heterocycles. The molecule has 0 aromatic heterocycles. The van der Waals surface area contributed by atoms with Gasteiger partial charge in [-0.25, -0.2) is 0 Å². The van der Waals surface area contributed by atoms with Gasteiger partial charge in [-0.15, -0.1) is 0 Å². The smallest absolute Gasteiger partial charge is 0.379 e. The van der Waals surface area contributed by atoms with Crippen LogP contribution in [0.4, 0.5) is 18.9 Å². The number of nitrogens with one attached hydrogen (secondary N) is 1. The van der Waals surface area contributed by atoms with E-state index in [0.29, 0.717) is 19.8 Å². The summed E-state index contributed by atoms with van der Waals surface area (Å²) in [6.07, 6.45) is -3.60. The van der Waals surface area contributed by atoms with Gasteiger partial charge in [0.15, 0.2) is 5.60 Å². The number of amides is 1. The molecule has 1 aromatic rings. The molecule has 1 saturated carbocycles. The molecule has 1 fully saturated rings. The molecule has 0 heterocycles. The molecule has 1 aromatic carbocycles. The molecule has 1 aliphatic rings. The molecular weight excluding hydrogens is 309 g/mol. The number of anilines is 1. The molecule has 7 heteroatoms. The zero-order valence-corrected chi connectivity index (χ0v) is 13.4. The highest BCUT2D eigenvalue weighted by molar-refractivity contribution is 5.91. The van der Waals surface area contributed by atoms with E-state index in [1.807, 2.05) is 43.3 Å². The molecule has 0 spiro atoms. The summed E-state index contributed by atoms with van der Waals surface area (Å²) in [5.41, 5.74) is -1.95. The fraction of sp³-hybridized carbons (Fsp3) is 0.562. The zero-order chi connectivity index (χ0) is 17.5. The van der Waals surface area contributed by atoms with E-state index in [0.717, 1.165) is 11.3 Å². The summed E-state index contributed by atoms with van der Waals surface area (Å²) in [7, 11) is 3.79. The second-order valence-corrected chi connectivity index (χ2v) is 6.48. The van der Waals surface area contributed by atoms with Crippen LogP contribution in [-0.4, -0.2) is 43.4 Å². The van der Waals surface area contributed by atoms with Gasteiger partial charge in [-0.1, -0.05) is 12.1 Å². The Bertz CT molecular complexity index is 576. The van der Waals surface area contributed by atoms with E-state index < -0.39 is 29.6 Å². The summed E-state index contributed by atoms with van der Waals surface area (Å²) in [5.74, 6) is -0.473. The monoisotopic (exact) mass is 330 g/mol. The molecule has 128 valence electrons. The number of carbonyl (C=O) groups is 1. The fourth-order valence-electron chi connectivity index (χ4n) is 2.37. The molecule has 0 bridgehead atoms. The lowest BCUT2D eigenvalue weighted by Gasteiger charge is -2.27. The van der Waals surface area contributed by atoms with Gasteiger partial charge in [0.05, 0.1) is 12.0 Å². The van der Waals surface area contributed by atoms with Crippen molar-refractivity contribution in [2.45, 2.75) is 37.0 Å². The zero-order valence-electron chi connectivity index (χ0n) is 13.4. The molecule has 2 rings (SSSR count). The Morgan fingerprint density at radius 3 is 2.17 bits per heavy atom. The number of alkyl halides is 3. The van der Waals surface area contributed by atoms with E-state index in [2.05, 4.69) is 5.32 Å². The minimum atomic E-state index is -4.79. The maximum absolute atomic E-state index is 12.6. The van der Waals surface area contributed by atoms with Crippen LogP contribution < -0.4 is 10.2 Å². The van der Waals surface area contributed by atoms with Gasteiger partial charge in [0.2, 0.25) is 5.91 Å². The number of halogens is 3. The van der Waals surface area contributed by atoms with Crippen LogP contribution in [0.15, 0.2) is 24.3 Å². The van der Waals surface area contributed by atoms with Gasteiger partial charge in [-0.2, -0.15) is 13.2 Å². The van der Waals surface area contributed by atoms with Gasteiger partial charge in [0.1, 0.15) is 0 Å². The molecule has 2 N–H and O–H groups in total. The number of aliphatic hydroxyl groups is 1. The van der Waals surface area contributed by atoms with Crippen molar-refractivity contribution < 1.29 is 23.1 Å². The predicted molar refractivity (Wildman–Crippen MR) is 81.4 cm³/mol. The number of hydrogen-bond donors (Lipinski definition) is 2. The minimum Gasteiger partial charge on any atom is -0.379 e. The molecule has 23 heavy (non-hydrogen) atoms. The number of carbonyl (C=O) groups excluding carboxylic acids is 1. The largest absolute Gasteiger partial charge is 0.418 e. The van der Waals surface area contributed by atoms with Crippen LogP contribution in [-0.2, 0) is 10.2 Å². The summed E-state index contributed by atoms with van der Waals surface area (Å²) < 4.78 is 37.9. The molecule has 1 amide bonds. The van der Waals surface area contributed by atoms with E-state index in [-0.39, 0.29) is 0 Å². The summed E-state index contributed by atoms with van der Waals surface area (Å²) in [6.45, 7) is -0.203. The van der Waals surface area contributed by atoms with Gasteiger partial charge in [0.25, 0.3) is 0 Å². The Hall–Kier alpha value is -1.76. The minimum absolute atomic E-state index is 0.473. The second-order valence-electron chi connectivity index (χ2n) is 6.48. The van der Waals surface area contributed by atoms with E-state index in [9.17, 15) is 23.1 Å². The fourth-order valence-corrected chi connectivity index (χ4v) is 2.37. The molecule has 4 nitrogen and oxygen atoms in total. The molecular formula is C16H21F3N2O2. The van der Waals surface area contributed by atoms with E-state index >= 15 is 0 Å². The summed E-state index contributed by atoms with van der Waals surface area (Å²) in [6, 6.07) is 7.39. The first-order valence-electron chi connectivity index (χ1n) is 7.35. The predicted octanol–water partition coefficient (Wildman–Crippen LogP) is 2.21. The quantitative estimate of drug-likeness (QED) is 0.870.